The number of amides is 1. The van der Waals surface area contributed by atoms with Gasteiger partial charge in [-0.1, -0.05) is 6.07 Å². The first-order valence-corrected chi connectivity index (χ1v) is 10.4. The molecule has 1 amide bonds. The largest absolute Gasteiger partial charge is 0.341 e. The zero-order valence-electron chi connectivity index (χ0n) is 13.6. The molecule has 1 aliphatic heterocycles. The molecule has 0 atom stereocenters. The molecule has 8 heteroatoms. The lowest BCUT2D eigenvalue weighted by Crippen LogP contribution is -2.44. The van der Waals surface area contributed by atoms with Crippen LogP contribution in [0.1, 0.15) is 19.3 Å². The normalized spacial score (nSPS) is 15.2. The van der Waals surface area contributed by atoms with Crippen molar-refractivity contribution in [2.75, 3.05) is 23.9 Å². The van der Waals surface area contributed by atoms with Gasteiger partial charge >= 0.3 is 0 Å². The smallest absolute Gasteiger partial charge is 0.274 e. The van der Waals surface area contributed by atoms with Gasteiger partial charge in [-0.2, -0.15) is 0 Å². The van der Waals surface area contributed by atoms with Gasteiger partial charge in [-0.05, 0) is 55.0 Å². The van der Waals surface area contributed by atoms with Gasteiger partial charge in [-0.15, -0.1) is 11.3 Å². The third-order valence-corrected chi connectivity index (χ3v) is 7.29. The SMILES string of the molecule is O=C(CN(c1ccc(F)cc1)S(=O)(=O)c1cccs1)N1CCCCC1. The molecular weight excluding hydrogens is 363 g/mol. The standard InChI is InChI=1S/C17H19FN2O3S2/c18-14-6-8-15(9-7-14)20(25(22,23)17-5-4-12-24-17)13-16(21)19-10-2-1-3-11-19/h4-9,12H,1-3,10-11,13H2. The van der Waals surface area contributed by atoms with Crippen LogP contribution in [0.5, 0.6) is 0 Å². The molecule has 0 N–H and O–H groups in total. The fourth-order valence-electron chi connectivity index (χ4n) is 2.81. The van der Waals surface area contributed by atoms with E-state index in [9.17, 15) is 17.6 Å². The molecule has 0 unspecified atom stereocenters. The van der Waals surface area contributed by atoms with Gasteiger partial charge in [0, 0.05) is 13.1 Å². The van der Waals surface area contributed by atoms with E-state index in [1.807, 2.05) is 0 Å². The van der Waals surface area contributed by atoms with Crippen LogP contribution in [0.25, 0.3) is 0 Å². The zero-order valence-corrected chi connectivity index (χ0v) is 15.2. The number of hydrogen-bond acceptors (Lipinski definition) is 4. The van der Waals surface area contributed by atoms with E-state index in [1.54, 1.807) is 16.3 Å². The summed E-state index contributed by atoms with van der Waals surface area (Å²) in [6.45, 7) is 1.01. The summed E-state index contributed by atoms with van der Waals surface area (Å²) in [5, 5.41) is 1.67. The van der Waals surface area contributed by atoms with Crippen molar-refractivity contribution < 1.29 is 17.6 Å². The van der Waals surface area contributed by atoms with Crippen LogP contribution in [0.2, 0.25) is 0 Å². The van der Waals surface area contributed by atoms with Gasteiger partial charge in [0.15, 0.2) is 0 Å². The fourth-order valence-corrected chi connectivity index (χ4v) is 5.33. The van der Waals surface area contributed by atoms with Crippen LogP contribution in [-0.2, 0) is 14.8 Å². The number of benzene rings is 1. The highest BCUT2D eigenvalue weighted by molar-refractivity contribution is 7.94. The van der Waals surface area contributed by atoms with Crippen molar-refractivity contribution in [1.29, 1.82) is 0 Å². The molecule has 1 fully saturated rings. The summed E-state index contributed by atoms with van der Waals surface area (Å²) in [5.41, 5.74) is 0.278. The molecule has 1 aromatic carbocycles. The molecule has 5 nitrogen and oxygen atoms in total. The van der Waals surface area contributed by atoms with Gasteiger partial charge in [0.1, 0.15) is 16.6 Å². The number of hydrogen-bond donors (Lipinski definition) is 0. The van der Waals surface area contributed by atoms with E-state index < -0.39 is 15.8 Å². The number of anilines is 1. The Kier molecular flexibility index (Phi) is 5.39. The fraction of sp³-hybridized carbons (Fsp3) is 0.353. The van der Waals surface area contributed by atoms with Crippen molar-refractivity contribution in [1.82, 2.24) is 4.90 Å². The molecule has 25 heavy (non-hydrogen) atoms. The van der Waals surface area contributed by atoms with E-state index in [0.29, 0.717) is 13.1 Å². The average molecular weight is 382 g/mol. The quantitative estimate of drug-likeness (QED) is 0.798. The summed E-state index contributed by atoms with van der Waals surface area (Å²) in [5.74, 6) is -0.691. The number of carbonyl (C=O) groups is 1. The van der Waals surface area contributed by atoms with Crippen LogP contribution in [-0.4, -0.2) is 38.9 Å². The first kappa shape index (κ1) is 17.9. The molecule has 1 saturated heterocycles. The second-order valence-electron chi connectivity index (χ2n) is 5.86. The predicted octanol–water partition coefficient (Wildman–Crippen LogP) is 3.10. The van der Waals surface area contributed by atoms with Gasteiger partial charge in [0.25, 0.3) is 10.0 Å². The molecule has 0 saturated carbocycles. The van der Waals surface area contributed by atoms with Crippen LogP contribution in [0, 0.1) is 5.82 Å². The van der Waals surface area contributed by atoms with Crippen molar-refractivity contribution in [2.24, 2.45) is 0 Å². The highest BCUT2D eigenvalue weighted by Crippen LogP contribution is 2.27. The summed E-state index contributed by atoms with van der Waals surface area (Å²) >= 11 is 1.09. The Morgan fingerprint density at radius 2 is 1.80 bits per heavy atom. The van der Waals surface area contributed by atoms with Gasteiger partial charge in [0.05, 0.1) is 5.69 Å². The second kappa shape index (κ2) is 7.53. The molecule has 0 bridgehead atoms. The van der Waals surface area contributed by atoms with E-state index in [4.69, 9.17) is 0 Å². The van der Waals surface area contributed by atoms with E-state index >= 15 is 0 Å². The van der Waals surface area contributed by atoms with Crippen LogP contribution in [0.3, 0.4) is 0 Å². The Balaban J connectivity index is 1.91. The number of thiophene rings is 1. The summed E-state index contributed by atoms with van der Waals surface area (Å²) in [4.78, 5) is 14.3. The van der Waals surface area contributed by atoms with Crippen molar-refractivity contribution in [3.63, 3.8) is 0 Å². The number of nitrogens with zero attached hydrogens (tertiary/aromatic N) is 2. The second-order valence-corrected chi connectivity index (χ2v) is 8.90. The van der Waals surface area contributed by atoms with Crippen molar-refractivity contribution in [3.8, 4) is 0 Å². The van der Waals surface area contributed by atoms with E-state index in [-0.39, 0.29) is 22.3 Å². The molecule has 0 aliphatic carbocycles. The molecular formula is C17H19FN2O3S2. The Morgan fingerprint density at radius 1 is 1.12 bits per heavy atom. The molecule has 1 aliphatic rings. The van der Waals surface area contributed by atoms with E-state index in [2.05, 4.69) is 0 Å². The van der Waals surface area contributed by atoms with Crippen LogP contribution < -0.4 is 4.31 Å². The molecule has 2 heterocycles. The molecule has 0 spiro atoms. The van der Waals surface area contributed by atoms with E-state index in [0.717, 1.165) is 34.9 Å². The van der Waals surface area contributed by atoms with Gasteiger partial charge in [-0.25, -0.2) is 12.8 Å². The molecule has 2 aromatic rings. The molecule has 134 valence electrons. The molecule has 0 radical (unpaired) electrons. The van der Waals surface area contributed by atoms with Gasteiger partial charge in [-0.3, -0.25) is 9.10 Å². The summed E-state index contributed by atoms with van der Waals surface area (Å²) in [7, 11) is -3.88. The summed E-state index contributed by atoms with van der Waals surface area (Å²) in [6.07, 6.45) is 2.94. The van der Waals surface area contributed by atoms with E-state index in [1.165, 1.54) is 30.3 Å². The van der Waals surface area contributed by atoms with Crippen LogP contribution >= 0.6 is 11.3 Å². The minimum Gasteiger partial charge on any atom is -0.341 e. The van der Waals surface area contributed by atoms with Crippen molar-refractivity contribution in [3.05, 3.63) is 47.6 Å². The van der Waals surface area contributed by atoms with Crippen LogP contribution in [0.4, 0.5) is 10.1 Å². The first-order valence-electron chi connectivity index (χ1n) is 8.08. The number of piperidine rings is 1. The number of sulfonamides is 1. The van der Waals surface area contributed by atoms with Crippen molar-refractivity contribution in [2.45, 2.75) is 23.5 Å². The maximum atomic E-state index is 13.2. The van der Waals surface area contributed by atoms with Crippen LogP contribution in [0.15, 0.2) is 46.0 Å². The average Bonchev–Trinajstić information content (AvgIpc) is 3.16. The Hall–Kier alpha value is -1.93. The minimum absolute atomic E-state index is 0.156. The lowest BCUT2D eigenvalue weighted by atomic mass is 10.1. The topological polar surface area (TPSA) is 57.7 Å². The predicted molar refractivity (Wildman–Crippen MR) is 95.7 cm³/mol. The lowest BCUT2D eigenvalue weighted by molar-refractivity contribution is -0.130. The Morgan fingerprint density at radius 3 is 2.40 bits per heavy atom. The first-order chi connectivity index (χ1) is 12.0. The number of likely N-dealkylation sites (tertiary alicyclic amines) is 1. The molecule has 1 aromatic heterocycles. The van der Waals surface area contributed by atoms with Gasteiger partial charge < -0.3 is 4.90 Å². The van der Waals surface area contributed by atoms with Gasteiger partial charge in [0.2, 0.25) is 5.91 Å². The third-order valence-electron chi connectivity index (χ3n) is 4.14. The minimum atomic E-state index is -3.88. The lowest BCUT2D eigenvalue weighted by Gasteiger charge is -2.30. The highest BCUT2D eigenvalue weighted by atomic mass is 32.2. The number of halogens is 1. The highest BCUT2D eigenvalue weighted by Gasteiger charge is 2.30. The number of carbonyl (C=O) groups excluding carboxylic acids is 1. The maximum absolute atomic E-state index is 13.2. The monoisotopic (exact) mass is 382 g/mol. The maximum Gasteiger partial charge on any atom is 0.274 e. The summed E-state index contributed by atoms with van der Waals surface area (Å²) in [6, 6.07) is 8.29. The Labute approximate surface area is 150 Å². The summed E-state index contributed by atoms with van der Waals surface area (Å²) < 4.78 is 40.4. The number of rotatable bonds is 5. The third kappa shape index (κ3) is 4.01. The van der Waals surface area contributed by atoms with Crippen molar-refractivity contribution >= 4 is 33.0 Å². The zero-order chi connectivity index (χ0) is 17.9. The molecule has 3 rings (SSSR count). The Bertz CT molecular complexity index is 814.